The fraction of sp³-hybridized carbons (Fsp3) is 0.400. The summed E-state index contributed by atoms with van der Waals surface area (Å²) in [6, 6.07) is 3.63. The van der Waals surface area contributed by atoms with Crippen molar-refractivity contribution in [2.45, 2.75) is 12.3 Å². The van der Waals surface area contributed by atoms with Crippen LogP contribution in [0.2, 0.25) is 0 Å². The second kappa shape index (κ2) is 5.50. The number of hydrogen-bond acceptors (Lipinski definition) is 5. The first-order chi connectivity index (χ1) is 7.19. The molecule has 82 valence electrons. The Morgan fingerprint density at radius 2 is 2.13 bits per heavy atom. The van der Waals surface area contributed by atoms with Crippen LogP contribution >= 0.6 is 11.3 Å². The number of carbonyl (C=O) groups excluding carboxylic acids is 2. The van der Waals surface area contributed by atoms with Gasteiger partial charge in [-0.3, -0.25) is 9.59 Å². The Morgan fingerprint density at radius 1 is 1.40 bits per heavy atom. The van der Waals surface area contributed by atoms with Crippen LogP contribution in [0.25, 0.3) is 0 Å². The first-order valence-corrected chi connectivity index (χ1v) is 5.25. The van der Waals surface area contributed by atoms with Crippen LogP contribution < -0.4 is 0 Å². The summed E-state index contributed by atoms with van der Waals surface area (Å²) in [4.78, 5) is 23.4. The minimum atomic E-state index is -0.553. The molecule has 1 atom stereocenters. The Bertz CT molecular complexity index is 331. The number of thiophene rings is 1. The third kappa shape index (κ3) is 3.06. The summed E-state index contributed by atoms with van der Waals surface area (Å²) < 4.78 is 9.17. The second-order valence-electron chi connectivity index (χ2n) is 2.87. The van der Waals surface area contributed by atoms with Gasteiger partial charge >= 0.3 is 11.9 Å². The van der Waals surface area contributed by atoms with Gasteiger partial charge in [-0.15, -0.1) is 11.3 Å². The summed E-state index contributed by atoms with van der Waals surface area (Å²) in [7, 11) is 2.60. The molecule has 0 aromatic carbocycles. The summed E-state index contributed by atoms with van der Waals surface area (Å²) in [5.74, 6) is -1.39. The molecule has 0 bridgehead atoms. The van der Waals surface area contributed by atoms with Crippen molar-refractivity contribution in [1.29, 1.82) is 0 Å². The summed E-state index contributed by atoms with van der Waals surface area (Å²) in [5.41, 5.74) is 0. The van der Waals surface area contributed by atoms with E-state index >= 15 is 0 Å². The highest BCUT2D eigenvalue weighted by Crippen LogP contribution is 2.25. The van der Waals surface area contributed by atoms with Gasteiger partial charge in [-0.1, -0.05) is 6.07 Å². The van der Waals surface area contributed by atoms with Crippen molar-refractivity contribution in [3.8, 4) is 0 Å². The summed E-state index contributed by atoms with van der Waals surface area (Å²) in [6.45, 7) is 0. The SMILES string of the molecule is COC(=O)CC(C(=O)OC)c1cccs1. The van der Waals surface area contributed by atoms with Crippen molar-refractivity contribution in [2.75, 3.05) is 14.2 Å². The smallest absolute Gasteiger partial charge is 0.314 e. The van der Waals surface area contributed by atoms with E-state index in [2.05, 4.69) is 9.47 Å². The van der Waals surface area contributed by atoms with Gasteiger partial charge in [-0.25, -0.2) is 0 Å². The maximum absolute atomic E-state index is 11.4. The first-order valence-electron chi connectivity index (χ1n) is 4.37. The molecule has 15 heavy (non-hydrogen) atoms. The molecule has 1 aromatic heterocycles. The van der Waals surface area contributed by atoms with Crippen molar-refractivity contribution in [3.63, 3.8) is 0 Å². The highest BCUT2D eigenvalue weighted by Gasteiger charge is 2.25. The predicted octanol–water partition coefficient (Wildman–Crippen LogP) is 1.57. The monoisotopic (exact) mass is 228 g/mol. The van der Waals surface area contributed by atoms with Crippen LogP contribution in [0.15, 0.2) is 17.5 Å². The number of rotatable bonds is 4. The summed E-state index contributed by atoms with van der Waals surface area (Å²) >= 11 is 1.42. The Hall–Kier alpha value is -1.36. The average molecular weight is 228 g/mol. The topological polar surface area (TPSA) is 52.6 Å². The van der Waals surface area contributed by atoms with Gasteiger partial charge in [0.2, 0.25) is 0 Å². The molecule has 0 aliphatic rings. The molecular weight excluding hydrogens is 216 g/mol. The van der Waals surface area contributed by atoms with Gasteiger partial charge in [0.1, 0.15) is 5.92 Å². The standard InChI is InChI=1S/C10H12O4S/c1-13-9(11)6-7(10(12)14-2)8-4-3-5-15-8/h3-5,7H,6H2,1-2H3. The number of carbonyl (C=O) groups is 2. The van der Waals surface area contributed by atoms with Crippen molar-refractivity contribution in [3.05, 3.63) is 22.4 Å². The third-order valence-corrected chi connectivity index (χ3v) is 2.96. The van der Waals surface area contributed by atoms with E-state index in [0.29, 0.717) is 0 Å². The van der Waals surface area contributed by atoms with Gasteiger partial charge in [-0.05, 0) is 11.4 Å². The lowest BCUT2D eigenvalue weighted by Crippen LogP contribution is -2.17. The van der Waals surface area contributed by atoms with Crippen molar-refractivity contribution in [1.82, 2.24) is 0 Å². The number of ether oxygens (including phenoxy) is 2. The summed E-state index contributed by atoms with van der Waals surface area (Å²) in [6.07, 6.45) is 0.0175. The van der Waals surface area contributed by atoms with Gasteiger partial charge in [0.15, 0.2) is 0 Å². The molecule has 0 spiro atoms. The van der Waals surface area contributed by atoms with Crippen LogP contribution in [0.1, 0.15) is 17.2 Å². The highest BCUT2D eigenvalue weighted by atomic mass is 32.1. The molecule has 0 radical (unpaired) electrons. The largest absolute Gasteiger partial charge is 0.469 e. The zero-order valence-corrected chi connectivity index (χ0v) is 9.37. The lowest BCUT2D eigenvalue weighted by Gasteiger charge is -2.11. The van der Waals surface area contributed by atoms with Gasteiger partial charge < -0.3 is 9.47 Å². The quantitative estimate of drug-likeness (QED) is 0.734. The number of esters is 2. The van der Waals surface area contributed by atoms with Gasteiger partial charge in [-0.2, -0.15) is 0 Å². The molecule has 0 saturated heterocycles. The van der Waals surface area contributed by atoms with E-state index in [4.69, 9.17) is 0 Å². The molecule has 5 heteroatoms. The fourth-order valence-corrected chi connectivity index (χ4v) is 2.00. The van der Waals surface area contributed by atoms with Crippen molar-refractivity contribution >= 4 is 23.3 Å². The lowest BCUT2D eigenvalue weighted by atomic mass is 10.0. The molecule has 4 nitrogen and oxygen atoms in total. The zero-order valence-electron chi connectivity index (χ0n) is 8.56. The molecule has 0 saturated carbocycles. The number of hydrogen-bond donors (Lipinski definition) is 0. The minimum absolute atomic E-state index is 0.0175. The van der Waals surface area contributed by atoms with Gasteiger partial charge in [0.05, 0.1) is 20.6 Å². The Balaban J connectivity index is 2.79. The first kappa shape index (κ1) is 11.7. The molecule has 0 aliphatic carbocycles. The second-order valence-corrected chi connectivity index (χ2v) is 3.85. The number of methoxy groups -OCH3 is 2. The molecule has 0 aliphatic heterocycles. The molecule has 1 aromatic rings. The van der Waals surface area contributed by atoms with Crippen molar-refractivity contribution in [2.24, 2.45) is 0 Å². The molecule has 1 heterocycles. The molecule has 1 rings (SSSR count). The van der Waals surface area contributed by atoms with E-state index in [1.54, 1.807) is 6.07 Å². The van der Waals surface area contributed by atoms with E-state index in [9.17, 15) is 9.59 Å². The Kier molecular flexibility index (Phi) is 4.30. The Morgan fingerprint density at radius 3 is 2.60 bits per heavy atom. The zero-order chi connectivity index (χ0) is 11.3. The molecule has 1 unspecified atom stereocenters. The normalized spacial score (nSPS) is 11.9. The average Bonchev–Trinajstić information content (AvgIpc) is 2.77. The Labute approximate surface area is 91.8 Å². The highest BCUT2D eigenvalue weighted by molar-refractivity contribution is 7.10. The molecule has 0 fully saturated rings. The molecule has 0 amide bonds. The van der Waals surface area contributed by atoms with Crippen LogP contribution in [0.3, 0.4) is 0 Å². The molecule has 0 N–H and O–H groups in total. The van der Waals surface area contributed by atoms with Crippen LogP contribution in [0, 0.1) is 0 Å². The maximum Gasteiger partial charge on any atom is 0.314 e. The van der Waals surface area contributed by atoms with Crippen LogP contribution in [-0.2, 0) is 19.1 Å². The molecular formula is C10H12O4S. The fourth-order valence-electron chi connectivity index (χ4n) is 1.18. The van der Waals surface area contributed by atoms with Crippen LogP contribution in [-0.4, -0.2) is 26.2 Å². The third-order valence-electron chi connectivity index (χ3n) is 1.97. The van der Waals surface area contributed by atoms with E-state index in [1.807, 2.05) is 11.4 Å². The predicted molar refractivity (Wildman–Crippen MR) is 55.7 cm³/mol. The lowest BCUT2D eigenvalue weighted by molar-refractivity contribution is -0.148. The van der Waals surface area contributed by atoms with E-state index in [-0.39, 0.29) is 6.42 Å². The van der Waals surface area contributed by atoms with Crippen LogP contribution in [0.4, 0.5) is 0 Å². The minimum Gasteiger partial charge on any atom is -0.469 e. The van der Waals surface area contributed by atoms with E-state index in [0.717, 1.165) is 4.88 Å². The van der Waals surface area contributed by atoms with E-state index in [1.165, 1.54) is 25.6 Å². The van der Waals surface area contributed by atoms with Crippen LogP contribution in [0.5, 0.6) is 0 Å². The van der Waals surface area contributed by atoms with Gasteiger partial charge in [0.25, 0.3) is 0 Å². The van der Waals surface area contributed by atoms with E-state index < -0.39 is 17.9 Å². The summed E-state index contributed by atoms with van der Waals surface area (Å²) in [5, 5.41) is 1.85. The van der Waals surface area contributed by atoms with Gasteiger partial charge in [0, 0.05) is 4.88 Å². The maximum atomic E-state index is 11.4. The van der Waals surface area contributed by atoms with Crippen molar-refractivity contribution < 1.29 is 19.1 Å².